The molecule has 1 saturated carbocycles. The number of amides is 1. The third-order valence-corrected chi connectivity index (χ3v) is 4.82. The Balaban J connectivity index is 0.00000242. The zero-order valence-electron chi connectivity index (χ0n) is 13.7. The normalized spacial score (nSPS) is 17.5. The van der Waals surface area contributed by atoms with Gasteiger partial charge in [-0.1, -0.05) is 28.1 Å². The van der Waals surface area contributed by atoms with E-state index in [9.17, 15) is 4.79 Å². The predicted molar refractivity (Wildman–Crippen MR) is 103 cm³/mol. The molecule has 2 atom stereocenters. The maximum atomic E-state index is 12.4. The minimum Gasteiger partial charge on any atom is -0.353 e. The Bertz CT molecular complexity index is 507. The fourth-order valence-corrected chi connectivity index (χ4v) is 2.60. The Hall–Kier alpha value is -0.330. The number of nitrogens with zero attached hydrogens (tertiary/aromatic N) is 1. The maximum Gasteiger partial charge on any atom is 0.244 e. The molecule has 0 aliphatic heterocycles. The van der Waals surface area contributed by atoms with Crippen LogP contribution in [0.2, 0.25) is 0 Å². The smallest absolute Gasteiger partial charge is 0.244 e. The third kappa shape index (κ3) is 5.91. The number of hydrogen-bond acceptors (Lipinski definition) is 3. The first-order chi connectivity index (χ1) is 9.82. The lowest BCUT2D eigenvalue weighted by atomic mass is 9.92. The molecular weight excluding hydrogens is 401 g/mol. The molecule has 0 bridgehead atoms. The first kappa shape index (κ1) is 22.7. The number of halogens is 3. The Labute approximate surface area is 159 Å². The van der Waals surface area contributed by atoms with Crippen molar-refractivity contribution in [3.63, 3.8) is 0 Å². The molecule has 2 unspecified atom stereocenters. The molecule has 0 aromatic heterocycles. The summed E-state index contributed by atoms with van der Waals surface area (Å²) in [4.78, 5) is 14.7. The number of carbonyl (C=O) groups excluding carboxylic acids is 1. The summed E-state index contributed by atoms with van der Waals surface area (Å²) in [5, 5.41) is 2.98. The average molecular weight is 427 g/mol. The van der Waals surface area contributed by atoms with E-state index in [2.05, 4.69) is 40.1 Å². The van der Waals surface area contributed by atoms with Crippen LogP contribution in [0.3, 0.4) is 0 Å². The van der Waals surface area contributed by atoms with Gasteiger partial charge in [-0.15, -0.1) is 24.8 Å². The molecule has 132 valence electrons. The summed E-state index contributed by atoms with van der Waals surface area (Å²) in [5.74, 6) is -0.138. The van der Waals surface area contributed by atoms with E-state index in [0.717, 1.165) is 10.0 Å². The lowest BCUT2D eigenvalue weighted by Gasteiger charge is -2.28. The van der Waals surface area contributed by atoms with Crippen molar-refractivity contribution in [2.75, 3.05) is 13.6 Å². The van der Waals surface area contributed by atoms with E-state index >= 15 is 0 Å². The van der Waals surface area contributed by atoms with Gasteiger partial charge in [0.25, 0.3) is 0 Å². The van der Waals surface area contributed by atoms with Gasteiger partial charge in [0.15, 0.2) is 0 Å². The van der Waals surface area contributed by atoms with Gasteiger partial charge in [0, 0.05) is 23.1 Å². The van der Waals surface area contributed by atoms with Gasteiger partial charge in [0.2, 0.25) is 5.91 Å². The van der Waals surface area contributed by atoms with Gasteiger partial charge >= 0.3 is 0 Å². The molecule has 1 amide bonds. The van der Waals surface area contributed by atoms with E-state index in [4.69, 9.17) is 5.73 Å². The number of carbonyl (C=O) groups is 1. The molecule has 1 aliphatic rings. The van der Waals surface area contributed by atoms with Crippen LogP contribution in [0.5, 0.6) is 0 Å². The summed E-state index contributed by atoms with van der Waals surface area (Å²) in [6.07, 6.45) is 2.53. The minimum absolute atomic E-state index is 0. The van der Waals surface area contributed by atoms with E-state index in [0.29, 0.717) is 18.6 Å². The molecule has 1 aromatic rings. The molecule has 4 nitrogen and oxygen atoms in total. The summed E-state index contributed by atoms with van der Waals surface area (Å²) in [7, 11) is 2.12. The summed E-state index contributed by atoms with van der Waals surface area (Å²) >= 11 is 3.39. The summed E-state index contributed by atoms with van der Waals surface area (Å²) in [6, 6.07) is 8.57. The summed E-state index contributed by atoms with van der Waals surface area (Å²) < 4.78 is 0.974. The van der Waals surface area contributed by atoms with Crippen LogP contribution < -0.4 is 11.1 Å². The van der Waals surface area contributed by atoms with Crippen LogP contribution in [0, 0.1) is 0 Å². The van der Waals surface area contributed by atoms with E-state index in [1.807, 2.05) is 24.3 Å². The maximum absolute atomic E-state index is 12.4. The predicted octanol–water partition coefficient (Wildman–Crippen LogP) is 3.07. The highest BCUT2D eigenvalue weighted by Crippen LogP contribution is 2.27. The van der Waals surface area contributed by atoms with E-state index in [1.165, 1.54) is 12.8 Å². The molecule has 1 aliphatic carbocycles. The third-order valence-electron chi connectivity index (χ3n) is 4.29. The molecule has 1 aromatic carbocycles. The number of hydrogen-bond donors (Lipinski definition) is 2. The SMILES string of the molecule is CC(CNC(=O)C(C)(N)c1ccc(Br)cc1)N(C)C1CC1.Cl.Cl. The minimum atomic E-state index is -1.02. The van der Waals surface area contributed by atoms with Crippen LogP contribution in [-0.4, -0.2) is 36.5 Å². The number of nitrogens with two attached hydrogens (primary N) is 1. The first-order valence-corrected chi connectivity index (χ1v) is 8.17. The van der Waals surface area contributed by atoms with Crippen molar-refractivity contribution >= 4 is 46.7 Å². The fourth-order valence-electron chi connectivity index (χ4n) is 2.34. The van der Waals surface area contributed by atoms with Gasteiger partial charge in [0.05, 0.1) is 0 Å². The van der Waals surface area contributed by atoms with Crippen molar-refractivity contribution in [3.8, 4) is 0 Å². The molecule has 23 heavy (non-hydrogen) atoms. The second-order valence-corrected chi connectivity index (χ2v) is 7.08. The van der Waals surface area contributed by atoms with Crippen molar-refractivity contribution in [1.82, 2.24) is 10.2 Å². The number of nitrogens with one attached hydrogen (secondary N) is 1. The van der Waals surface area contributed by atoms with Crippen molar-refractivity contribution in [2.24, 2.45) is 5.73 Å². The largest absolute Gasteiger partial charge is 0.353 e. The highest BCUT2D eigenvalue weighted by molar-refractivity contribution is 9.10. The highest BCUT2D eigenvalue weighted by Gasteiger charge is 2.32. The van der Waals surface area contributed by atoms with Crippen LogP contribution in [0.1, 0.15) is 32.3 Å². The van der Waals surface area contributed by atoms with Crippen molar-refractivity contribution in [3.05, 3.63) is 34.3 Å². The van der Waals surface area contributed by atoms with Crippen molar-refractivity contribution in [2.45, 2.75) is 44.3 Å². The quantitative estimate of drug-likeness (QED) is 0.734. The van der Waals surface area contributed by atoms with Gasteiger partial charge in [-0.3, -0.25) is 9.69 Å². The molecule has 7 heteroatoms. The number of benzene rings is 1. The zero-order chi connectivity index (χ0) is 15.6. The van der Waals surface area contributed by atoms with E-state index in [1.54, 1.807) is 6.92 Å². The van der Waals surface area contributed by atoms with Crippen LogP contribution >= 0.6 is 40.7 Å². The molecule has 0 spiro atoms. The molecule has 2 rings (SSSR count). The standard InChI is InChI=1S/C16H24BrN3O.2ClH/c1-11(20(3)14-8-9-14)10-19-15(21)16(2,18)12-4-6-13(17)7-5-12;;/h4-7,11,14H,8-10,18H2,1-3H3,(H,19,21);2*1H. The lowest BCUT2D eigenvalue weighted by molar-refractivity contribution is -0.126. The summed E-state index contributed by atoms with van der Waals surface area (Å²) in [6.45, 7) is 4.50. The monoisotopic (exact) mass is 425 g/mol. The second kappa shape index (κ2) is 9.23. The molecule has 0 saturated heterocycles. The van der Waals surface area contributed by atoms with Gasteiger partial charge in [-0.05, 0) is 51.4 Å². The molecular formula is C16H26BrCl2N3O. The van der Waals surface area contributed by atoms with Crippen molar-refractivity contribution < 1.29 is 4.79 Å². The van der Waals surface area contributed by atoms with Crippen LogP contribution in [0.4, 0.5) is 0 Å². The van der Waals surface area contributed by atoms with Crippen LogP contribution in [-0.2, 0) is 10.3 Å². The lowest BCUT2D eigenvalue weighted by Crippen LogP contribution is -2.52. The van der Waals surface area contributed by atoms with E-state index in [-0.39, 0.29) is 30.7 Å². The molecule has 0 heterocycles. The van der Waals surface area contributed by atoms with Gasteiger partial charge < -0.3 is 11.1 Å². The molecule has 3 N–H and O–H groups in total. The van der Waals surface area contributed by atoms with Gasteiger partial charge in [-0.2, -0.15) is 0 Å². The average Bonchev–Trinajstić information content (AvgIpc) is 3.28. The zero-order valence-corrected chi connectivity index (χ0v) is 16.9. The fraction of sp³-hybridized carbons (Fsp3) is 0.562. The topological polar surface area (TPSA) is 58.4 Å². The van der Waals surface area contributed by atoms with Crippen LogP contribution in [0.15, 0.2) is 28.7 Å². The van der Waals surface area contributed by atoms with Gasteiger partial charge in [0.1, 0.15) is 5.54 Å². The number of rotatable bonds is 6. The Morgan fingerprint density at radius 1 is 1.39 bits per heavy atom. The first-order valence-electron chi connectivity index (χ1n) is 7.37. The highest BCUT2D eigenvalue weighted by atomic mass is 79.9. The van der Waals surface area contributed by atoms with Crippen molar-refractivity contribution in [1.29, 1.82) is 0 Å². The number of likely N-dealkylation sites (N-methyl/N-ethyl adjacent to an activating group) is 1. The second-order valence-electron chi connectivity index (χ2n) is 6.16. The summed E-state index contributed by atoms with van der Waals surface area (Å²) in [5.41, 5.74) is 6.02. The Kier molecular flexibility index (Phi) is 9.10. The Morgan fingerprint density at radius 3 is 2.39 bits per heavy atom. The van der Waals surface area contributed by atoms with Gasteiger partial charge in [-0.25, -0.2) is 0 Å². The van der Waals surface area contributed by atoms with Crippen LogP contribution in [0.25, 0.3) is 0 Å². The molecule has 1 fully saturated rings. The Morgan fingerprint density at radius 2 is 1.91 bits per heavy atom. The molecule has 0 radical (unpaired) electrons. The van der Waals surface area contributed by atoms with E-state index < -0.39 is 5.54 Å².